The first-order valence-corrected chi connectivity index (χ1v) is 13.6. The second-order valence-corrected chi connectivity index (χ2v) is 10.7. The van der Waals surface area contributed by atoms with Crippen LogP contribution in [0.5, 0.6) is 0 Å². The van der Waals surface area contributed by atoms with Gasteiger partial charge < -0.3 is 25.0 Å². The van der Waals surface area contributed by atoms with E-state index in [0.29, 0.717) is 12.6 Å². The zero-order valence-electron chi connectivity index (χ0n) is 20.4. The maximum atomic E-state index is 12.2. The minimum absolute atomic E-state index is 0.0754. The summed E-state index contributed by atoms with van der Waals surface area (Å²) in [6.07, 6.45) is 4.85. The monoisotopic (exact) mass is 497 g/mol. The lowest BCUT2D eigenvalue weighted by Crippen LogP contribution is -2.50. The Kier molecular flexibility index (Phi) is 7.75. The highest BCUT2D eigenvalue weighted by Crippen LogP contribution is 2.40. The van der Waals surface area contributed by atoms with Crippen LogP contribution < -0.4 is 15.5 Å². The molecule has 0 atom stereocenters. The number of piperidine rings is 1. The van der Waals surface area contributed by atoms with Crippen LogP contribution in [-0.4, -0.2) is 74.2 Å². The molecule has 0 spiro atoms. The summed E-state index contributed by atoms with van der Waals surface area (Å²) in [5, 5.41) is 6.81. The highest BCUT2D eigenvalue weighted by Gasteiger charge is 2.37. The van der Waals surface area contributed by atoms with Gasteiger partial charge in [0.2, 0.25) is 11.9 Å². The quantitative estimate of drug-likeness (QED) is 0.576. The van der Waals surface area contributed by atoms with E-state index in [1.807, 2.05) is 17.8 Å². The van der Waals surface area contributed by atoms with Crippen LogP contribution in [0.1, 0.15) is 36.9 Å². The molecule has 5 rings (SSSR count). The zero-order valence-corrected chi connectivity index (χ0v) is 21.2. The Morgan fingerprint density at radius 1 is 1.20 bits per heavy atom. The number of aryl methyl sites for hydroxylation is 1. The number of fused-ring (bicyclic) bond motifs is 1. The van der Waals surface area contributed by atoms with E-state index in [9.17, 15) is 4.79 Å². The first-order valence-electron chi connectivity index (χ1n) is 12.6. The molecule has 2 aromatic rings. The molecule has 0 bridgehead atoms. The van der Waals surface area contributed by atoms with Crippen molar-refractivity contribution in [3.8, 4) is 0 Å². The average molecular weight is 498 g/mol. The number of benzene rings is 1. The third-order valence-corrected chi connectivity index (χ3v) is 8.49. The van der Waals surface area contributed by atoms with Gasteiger partial charge in [0.25, 0.3) is 0 Å². The minimum atomic E-state index is -0.114. The van der Waals surface area contributed by atoms with Crippen LogP contribution in [0.2, 0.25) is 0 Å². The van der Waals surface area contributed by atoms with Crippen molar-refractivity contribution in [3.63, 3.8) is 0 Å². The second kappa shape index (κ2) is 11.1. The first kappa shape index (κ1) is 24.3. The molecule has 1 aromatic carbocycles. The van der Waals surface area contributed by atoms with E-state index >= 15 is 0 Å². The number of nitrogens with zero attached hydrogens (tertiary/aromatic N) is 3. The summed E-state index contributed by atoms with van der Waals surface area (Å²) in [7, 11) is 1.55. The van der Waals surface area contributed by atoms with E-state index in [1.54, 1.807) is 7.11 Å². The van der Waals surface area contributed by atoms with Gasteiger partial charge in [-0.05, 0) is 31.2 Å². The first-order chi connectivity index (χ1) is 17.2. The van der Waals surface area contributed by atoms with E-state index < -0.39 is 0 Å². The SMILES string of the molecule is COCC(=O)NCC1(c2ccccc2)CCN(c2nc3c(c(NC4CCOCC4)n2)SCC3)CC1. The minimum Gasteiger partial charge on any atom is -0.381 e. The predicted octanol–water partition coefficient (Wildman–Crippen LogP) is 3.02. The fourth-order valence-electron chi connectivity index (χ4n) is 5.27. The Morgan fingerprint density at radius 3 is 2.71 bits per heavy atom. The van der Waals surface area contributed by atoms with Gasteiger partial charge in [0.15, 0.2) is 0 Å². The molecule has 0 radical (unpaired) electrons. The normalized spacial score (nSPS) is 19.9. The van der Waals surface area contributed by atoms with E-state index in [4.69, 9.17) is 19.4 Å². The Morgan fingerprint density at radius 2 is 1.97 bits per heavy atom. The van der Waals surface area contributed by atoms with E-state index in [2.05, 4.69) is 39.8 Å². The largest absolute Gasteiger partial charge is 0.381 e. The Bertz CT molecular complexity index is 1010. The van der Waals surface area contributed by atoms with Crippen molar-refractivity contribution in [1.82, 2.24) is 15.3 Å². The molecule has 2 fully saturated rings. The molecule has 1 amide bonds. The van der Waals surface area contributed by atoms with Gasteiger partial charge in [-0.3, -0.25) is 4.79 Å². The molecule has 3 aliphatic rings. The summed E-state index contributed by atoms with van der Waals surface area (Å²) in [5.41, 5.74) is 2.32. The molecule has 4 heterocycles. The van der Waals surface area contributed by atoms with Crippen molar-refractivity contribution in [2.45, 2.75) is 48.5 Å². The lowest BCUT2D eigenvalue weighted by molar-refractivity contribution is -0.125. The van der Waals surface area contributed by atoms with Crippen LogP contribution in [0, 0.1) is 0 Å². The number of hydrogen-bond acceptors (Lipinski definition) is 8. The van der Waals surface area contributed by atoms with Crippen LogP contribution in [0.4, 0.5) is 11.8 Å². The van der Waals surface area contributed by atoms with Crippen molar-refractivity contribution < 1.29 is 14.3 Å². The van der Waals surface area contributed by atoms with Crippen molar-refractivity contribution in [1.29, 1.82) is 0 Å². The van der Waals surface area contributed by atoms with Gasteiger partial charge in [0.1, 0.15) is 12.4 Å². The van der Waals surface area contributed by atoms with Gasteiger partial charge in [-0.25, -0.2) is 4.98 Å². The van der Waals surface area contributed by atoms with Gasteiger partial charge >= 0.3 is 0 Å². The number of hydrogen-bond donors (Lipinski definition) is 2. The molecule has 0 unspecified atom stereocenters. The summed E-state index contributed by atoms with van der Waals surface area (Å²) >= 11 is 1.86. The molecule has 1 aromatic heterocycles. The second-order valence-electron chi connectivity index (χ2n) is 9.62. The lowest BCUT2D eigenvalue weighted by atomic mass is 9.72. The molecular weight excluding hydrogens is 462 g/mol. The van der Waals surface area contributed by atoms with Crippen molar-refractivity contribution in [2.24, 2.45) is 0 Å². The molecule has 8 nitrogen and oxygen atoms in total. The lowest BCUT2D eigenvalue weighted by Gasteiger charge is -2.42. The molecule has 2 N–H and O–H groups in total. The maximum absolute atomic E-state index is 12.2. The van der Waals surface area contributed by atoms with Gasteiger partial charge in [-0.1, -0.05) is 30.3 Å². The smallest absolute Gasteiger partial charge is 0.246 e. The summed E-state index contributed by atoms with van der Waals surface area (Å²) < 4.78 is 10.5. The number of carbonyl (C=O) groups is 1. The van der Waals surface area contributed by atoms with Crippen LogP contribution in [0.15, 0.2) is 35.2 Å². The van der Waals surface area contributed by atoms with Crippen LogP contribution >= 0.6 is 11.8 Å². The standard InChI is InChI=1S/C26H35N5O3S/c1-33-17-22(32)27-18-26(19-5-3-2-4-6-19)10-12-31(13-11-26)25-29-21-9-16-35-23(21)24(30-25)28-20-7-14-34-15-8-20/h2-6,20H,7-18H2,1H3,(H,27,32)(H,28,29,30). The van der Waals surface area contributed by atoms with Gasteiger partial charge in [0, 0.05) is 63.6 Å². The Hall–Kier alpha value is -2.36. The summed E-state index contributed by atoms with van der Waals surface area (Å²) in [4.78, 5) is 25.7. The molecule has 9 heteroatoms. The molecule has 0 saturated carbocycles. The number of ether oxygens (including phenoxy) is 2. The molecule has 3 aliphatic heterocycles. The number of nitrogens with one attached hydrogen (secondary N) is 2. The van der Waals surface area contributed by atoms with E-state index in [1.165, 1.54) is 16.2 Å². The molecular formula is C26H35N5O3S. The number of thioether (sulfide) groups is 1. The zero-order chi connectivity index (χ0) is 24.1. The fraction of sp³-hybridized carbons (Fsp3) is 0.577. The Balaban J connectivity index is 1.33. The highest BCUT2D eigenvalue weighted by molar-refractivity contribution is 7.99. The van der Waals surface area contributed by atoms with Gasteiger partial charge in [-0.15, -0.1) is 11.8 Å². The maximum Gasteiger partial charge on any atom is 0.246 e. The third kappa shape index (κ3) is 5.57. The van der Waals surface area contributed by atoms with Crippen molar-refractivity contribution in [2.75, 3.05) is 62.5 Å². The number of rotatable bonds is 8. The van der Waals surface area contributed by atoms with Crippen molar-refractivity contribution >= 4 is 29.4 Å². The number of anilines is 2. The molecule has 35 heavy (non-hydrogen) atoms. The van der Waals surface area contributed by atoms with Crippen LogP contribution in [-0.2, 0) is 26.1 Å². The van der Waals surface area contributed by atoms with Gasteiger partial charge in [-0.2, -0.15) is 4.98 Å². The number of amides is 1. The highest BCUT2D eigenvalue weighted by atomic mass is 32.2. The number of carbonyl (C=O) groups excluding carboxylic acids is 1. The van der Waals surface area contributed by atoms with Crippen LogP contribution in [0.25, 0.3) is 0 Å². The van der Waals surface area contributed by atoms with E-state index in [0.717, 1.165) is 75.9 Å². The summed E-state index contributed by atoms with van der Waals surface area (Å²) in [5.74, 6) is 2.80. The predicted molar refractivity (Wildman–Crippen MR) is 138 cm³/mol. The fourth-order valence-corrected chi connectivity index (χ4v) is 6.33. The summed E-state index contributed by atoms with van der Waals surface area (Å²) in [6.45, 7) is 3.99. The molecule has 0 aliphatic carbocycles. The topological polar surface area (TPSA) is 88.6 Å². The summed E-state index contributed by atoms with van der Waals surface area (Å²) in [6, 6.07) is 11.0. The third-order valence-electron chi connectivity index (χ3n) is 7.36. The average Bonchev–Trinajstić information content (AvgIpc) is 3.38. The molecule has 2 saturated heterocycles. The van der Waals surface area contributed by atoms with Gasteiger partial charge in [0.05, 0.1) is 10.6 Å². The van der Waals surface area contributed by atoms with E-state index in [-0.39, 0.29) is 17.9 Å². The van der Waals surface area contributed by atoms with Crippen LogP contribution in [0.3, 0.4) is 0 Å². The Labute approximate surface area is 211 Å². The number of methoxy groups -OCH3 is 1. The van der Waals surface area contributed by atoms with Crippen molar-refractivity contribution in [3.05, 3.63) is 41.6 Å². The number of aromatic nitrogens is 2. The molecule has 188 valence electrons.